The Kier molecular flexibility index (Phi) is 4.20. The molecule has 20 heavy (non-hydrogen) atoms. The van der Waals surface area contributed by atoms with Crippen molar-refractivity contribution in [2.45, 2.75) is 37.9 Å². The third kappa shape index (κ3) is 2.66. The molecule has 0 saturated carbocycles. The first-order valence-electron chi connectivity index (χ1n) is 7.37. The Hall–Kier alpha value is -1.16. The van der Waals surface area contributed by atoms with E-state index in [1.54, 1.807) is 0 Å². The molecule has 0 aliphatic carbocycles. The Bertz CT molecular complexity index is 521. The highest BCUT2D eigenvalue weighted by molar-refractivity contribution is 7.10. The first-order chi connectivity index (χ1) is 9.77. The van der Waals surface area contributed by atoms with Crippen LogP contribution in [0, 0.1) is 0 Å². The number of likely N-dealkylation sites (tertiary alicyclic amines) is 1. The van der Waals surface area contributed by atoms with Gasteiger partial charge in [-0.25, -0.2) is 0 Å². The van der Waals surface area contributed by atoms with Crippen molar-refractivity contribution >= 4 is 11.3 Å². The van der Waals surface area contributed by atoms with Crippen LogP contribution in [0.5, 0.6) is 0 Å². The molecular weight excluding hydrogens is 264 g/mol. The Morgan fingerprint density at radius 1 is 1.20 bits per heavy atom. The highest BCUT2D eigenvalue weighted by Crippen LogP contribution is 2.40. The van der Waals surface area contributed by atoms with Crippen molar-refractivity contribution in [3.63, 3.8) is 0 Å². The quantitative estimate of drug-likeness (QED) is 0.921. The predicted molar refractivity (Wildman–Crippen MR) is 85.8 cm³/mol. The third-order valence-corrected chi connectivity index (χ3v) is 5.11. The lowest BCUT2D eigenvalue weighted by atomic mass is 10.0. The lowest BCUT2D eigenvalue weighted by Crippen LogP contribution is -2.38. The highest BCUT2D eigenvalue weighted by Gasteiger charge is 2.34. The van der Waals surface area contributed by atoms with E-state index < -0.39 is 0 Å². The zero-order valence-corrected chi connectivity index (χ0v) is 12.7. The van der Waals surface area contributed by atoms with Crippen LogP contribution in [0.2, 0.25) is 0 Å². The molecular formula is C17H22N2S. The molecule has 2 N–H and O–H groups in total. The fourth-order valence-electron chi connectivity index (χ4n) is 3.34. The summed E-state index contributed by atoms with van der Waals surface area (Å²) in [6.07, 6.45) is 2.49. The molecule has 3 heteroatoms. The Morgan fingerprint density at radius 2 is 2.00 bits per heavy atom. The fourth-order valence-corrected chi connectivity index (χ4v) is 4.30. The molecule has 106 valence electrons. The highest BCUT2D eigenvalue weighted by atomic mass is 32.1. The number of nitrogens with zero attached hydrogens (tertiary/aromatic N) is 1. The van der Waals surface area contributed by atoms with Crippen LogP contribution in [0.15, 0.2) is 47.8 Å². The minimum atomic E-state index is 0.151. The summed E-state index contributed by atoms with van der Waals surface area (Å²) in [6, 6.07) is 16.2. The molecule has 1 aliphatic rings. The summed E-state index contributed by atoms with van der Waals surface area (Å²) in [4.78, 5) is 3.99. The average molecular weight is 286 g/mol. The maximum absolute atomic E-state index is 6.31. The second-order valence-corrected chi connectivity index (χ2v) is 6.61. The number of thiophene rings is 1. The Labute approximate surface area is 125 Å². The summed E-state index contributed by atoms with van der Waals surface area (Å²) in [7, 11) is 0. The predicted octanol–water partition coefficient (Wildman–Crippen LogP) is 3.97. The van der Waals surface area contributed by atoms with Crippen molar-refractivity contribution in [3.05, 3.63) is 58.3 Å². The molecule has 2 heterocycles. The Balaban J connectivity index is 1.90. The molecule has 0 spiro atoms. The van der Waals surface area contributed by atoms with Gasteiger partial charge < -0.3 is 5.73 Å². The SMILES string of the molecule is CC(N)C(c1cccs1)N1CCCC1c1ccccc1. The molecule has 1 fully saturated rings. The molecule has 3 atom stereocenters. The van der Waals surface area contributed by atoms with Crippen molar-refractivity contribution in [1.29, 1.82) is 0 Å². The molecule has 0 amide bonds. The summed E-state index contributed by atoms with van der Waals surface area (Å²) in [5.41, 5.74) is 7.74. The van der Waals surface area contributed by atoms with Gasteiger partial charge in [0.2, 0.25) is 0 Å². The van der Waals surface area contributed by atoms with Crippen LogP contribution in [0.1, 0.15) is 42.3 Å². The van der Waals surface area contributed by atoms with Gasteiger partial charge in [0, 0.05) is 17.0 Å². The number of hydrogen-bond donors (Lipinski definition) is 1. The van der Waals surface area contributed by atoms with E-state index in [9.17, 15) is 0 Å². The summed E-state index contributed by atoms with van der Waals surface area (Å²) >= 11 is 1.82. The number of benzene rings is 1. The van der Waals surface area contributed by atoms with E-state index in [0.29, 0.717) is 12.1 Å². The molecule has 2 nitrogen and oxygen atoms in total. The number of nitrogens with two attached hydrogens (primary N) is 1. The zero-order chi connectivity index (χ0) is 13.9. The van der Waals surface area contributed by atoms with Gasteiger partial charge in [0.1, 0.15) is 0 Å². The topological polar surface area (TPSA) is 29.3 Å². The smallest absolute Gasteiger partial charge is 0.0595 e. The summed E-state index contributed by atoms with van der Waals surface area (Å²) in [6.45, 7) is 3.27. The second kappa shape index (κ2) is 6.08. The monoisotopic (exact) mass is 286 g/mol. The zero-order valence-electron chi connectivity index (χ0n) is 11.9. The van der Waals surface area contributed by atoms with Crippen LogP contribution in [-0.2, 0) is 0 Å². The largest absolute Gasteiger partial charge is 0.326 e. The van der Waals surface area contributed by atoms with E-state index in [0.717, 1.165) is 6.54 Å². The number of rotatable bonds is 4. The van der Waals surface area contributed by atoms with Gasteiger partial charge in [-0.15, -0.1) is 11.3 Å². The van der Waals surface area contributed by atoms with Gasteiger partial charge >= 0.3 is 0 Å². The molecule has 1 saturated heterocycles. The first-order valence-corrected chi connectivity index (χ1v) is 8.25. The van der Waals surface area contributed by atoms with Gasteiger partial charge in [-0.1, -0.05) is 36.4 Å². The van der Waals surface area contributed by atoms with Crippen LogP contribution in [0.25, 0.3) is 0 Å². The van der Waals surface area contributed by atoms with E-state index >= 15 is 0 Å². The van der Waals surface area contributed by atoms with Gasteiger partial charge in [-0.3, -0.25) is 4.90 Å². The summed E-state index contributed by atoms with van der Waals surface area (Å²) < 4.78 is 0. The molecule has 2 aromatic rings. The minimum absolute atomic E-state index is 0.151. The normalized spacial score (nSPS) is 22.8. The Morgan fingerprint density at radius 3 is 2.65 bits per heavy atom. The van der Waals surface area contributed by atoms with Crippen LogP contribution in [0.3, 0.4) is 0 Å². The lowest BCUT2D eigenvalue weighted by molar-refractivity contribution is 0.164. The van der Waals surface area contributed by atoms with Crippen molar-refractivity contribution in [3.8, 4) is 0 Å². The van der Waals surface area contributed by atoms with Gasteiger partial charge in [-0.2, -0.15) is 0 Å². The van der Waals surface area contributed by atoms with E-state index in [1.165, 1.54) is 23.3 Å². The first kappa shape index (κ1) is 13.8. The van der Waals surface area contributed by atoms with Gasteiger partial charge in [-0.05, 0) is 43.3 Å². The van der Waals surface area contributed by atoms with E-state index in [4.69, 9.17) is 5.73 Å². The molecule has 0 bridgehead atoms. The minimum Gasteiger partial charge on any atom is -0.326 e. The summed E-state index contributed by atoms with van der Waals surface area (Å²) in [5, 5.41) is 2.15. The van der Waals surface area contributed by atoms with Crippen LogP contribution in [-0.4, -0.2) is 17.5 Å². The van der Waals surface area contributed by atoms with Crippen molar-refractivity contribution < 1.29 is 0 Å². The molecule has 1 aromatic carbocycles. The third-order valence-electron chi connectivity index (χ3n) is 4.17. The van der Waals surface area contributed by atoms with Crippen molar-refractivity contribution in [1.82, 2.24) is 4.90 Å². The molecule has 1 aliphatic heterocycles. The lowest BCUT2D eigenvalue weighted by Gasteiger charge is -2.35. The molecule has 3 rings (SSSR count). The van der Waals surface area contributed by atoms with Gasteiger partial charge in [0.25, 0.3) is 0 Å². The van der Waals surface area contributed by atoms with E-state index in [2.05, 4.69) is 59.7 Å². The van der Waals surface area contributed by atoms with Crippen molar-refractivity contribution in [2.24, 2.45) is 5.73 Å². The molecule has 3 unspecified atom stereocenters. The van der Waals surface area contributed by atoms with Crippen LogP contribution < -0.4 is 5.73 Å². The van der Waals surface area contributed by atoms with E-state index in [1.807, 2.05) is 11.3 Å². The van der Waals surface area contributed by atoms with Crippen LogP contribution >= 0.6 is 11.3 Å². The van der Waals surface area contributed by atoms with E-state index in [-0.39, 0.29) is 6.04 Å². The maximum atomic E-state index is 6.31. The van der Waals surface area contributed by atoms with Crippen LogP contribution in [0.4, 0.5) is 0 Å². The van der Waals surface area contributed by atoms with Gasteiger partial charge in [0.05, 0.1) is 6.04 Å². The molecule has 1 aromatic heterocycles. The van der Waals surface area contributed by atoms with Crippen molar-refractivity contribution in [2.75, 3.05) is 6.54 Å². The summed E-state index contributed by atoms with van der Waals surface area (Å²) in [5.74, 6) is 0. The average Bonchev–Trinajstić information content (AvgIpc) is 3.11. The van der Waals surface area contributed by atoms with Gasteiger partial charge in [0.15, 0.2) is 0 Å². The fraction of sp³-hybridized carbons (Fsp3) is 0.412. The molecule has 0 radical (unpaired) electrons. The second-order valence-electron chi connectivity index (χ2n) is 5.63. The maximum Gasteiger partial charge on any atom is 0.0595 e. The standard InChI is InChI=1S/C17H22N2S/c1-13(18)17(16-10-6-12-20-16)19-11-5-9-15(19)14-7-3-2-4-8-14/h2-4,6-8,10,12-13,15,17H,5,9,11,18H2,1H3. The number of hydrogen-bond acceptors (Lipinski definition) is 3.